The molecule has 0 radical (unpaired) electrons. The highest BCUT2D eigenvalue weighted by atomic mass is 16.5. The van der Waals surface area contributed by atoms with Gasteiger partial charge in [0.15, 0.2) is 5.78 Å². The number of hydrogen-bond acceptors (Lipinski definition) is 4. The zero-order valence-electron chi connectivity index (χ0n) is 22.3. The maximum atomic E-state index is 12.1. The van der Waals surface area contributed by atoms with E-state index in [0.717, 1.165) is 12.8 Å². The molecule has 1 unspecified atom stereocenters. The van der Waals surface area contributed by atoms with Gasteiger partial charge >= 0.3 is 5.97 Å². The fraction of sp³-hybridized carbons (Fsp3) is 0.548. The second-order valence-electron chi connectivity index (χ2n) is 9.30. The van der Waals surface area contributed by atoms with Gasteiger partial charge in [0, 0.05) is 12.0 Å². The number of carbonyl (C=O) groups is 2. The van der Waals surface area contributed by atoms with Crippen molar-refractivity contribution >= 4 is 11.8 Å². The Morgan fingerprint density at radius 1 is 0.750 bits per heavy atom. The van der Waals surface area contributed by atoms with Crippen LogP contribution in [-0.4, -0.2) is 29.1 Å². The number of methoxy groups -OCH3 is 1. The highest BCUT2D eigenvalue weighted by Gasteiger charge is 2.19. The second-order valence-corrected chi connectivity index (χ2v) is 9.30. The summed E-state index contributed by atoms with van der Waals surface area (Å²) in [7, 11) is 1.55. The van der Waals surface area contributed by atoms with Gasteiger partial charge in [-0.3, -0.25) is 9.59 Å². The molecule has 5 nitrogen and oxygen atoms in total. The Labute approximate surface area is 217 Å². The number of aliphatic hydroxyl groups is 1. The molecule has 2 aromatic carbocycles. The van der Waals surface area contributed by atoms with Crippen LogP contribution in [0.1, 0.15) is 119 Å². The fourth-order valence-corrected chi connectivity index (χ4v) is 4.02. The third-order valence-corrected chi connectivity index (χ3v) is 6.21. The molecular weight excluding hydrogens is 452 g/mol. The van der Waals surface area contributed by atoms with Gasteiger partial charge in [-0.1, -0.05) is 126 Å². The summed E-state index contributed by atoms with van der Waals surface area (Å²) < 4.78 is 5.07. The number of aliphatic carboxylic acids is 1. The van der Waals surface area contributed by atoms with Crippen LogP contribution in [0.2, 0.25) is 0 Å². The van der Waals surface area contributed by atoms with Crippen molar-refractivity contribution < 1.29 is 24.5 Å². The van der Waals surface area contributed by atoms with E-state index in [0.29, 0.717) is 23.3 Å². The number of carbonyl (C=O) groups excluding carboxylic acids is 1. The van der Waals surface area contributed by atoms with Crippen molar-refractivity contribution in [2.24, 2.45) is 0 Å². The van der Waals surface area contributed by atoms with Crippen LogP contribution in [0.5, 0.6) is 5.75 Å². The third-order valence-electron chi connectivity index (χ3n) is 6.21. The van der Waals surface area contributed by atoms with E-state index in [1.54, 1.807) is 55.6 Å². The van der Waals surface area contributed by atoms with Crippen molar-refractivity contribution in [3.8, 4) is 5.75 Å². The van der Waals surface area contributed by atoms with Crippen LogP contribution in [0.15, 0.2) is 54.6 Å². The molecule has 2 aromatic rings. The van der Waals surface area contributed by atoms with E-state index >= 15 is 0 Å². The first-order valence-corrected chi connectivity index (χ1v) is 13.6. The minimum absolute atomic E-state index is 0.316. The van der Waals surface area contributed by atoms with Crippen LogP contribution in [0.25, 0.3) is 0 Å². The van der Waals surface area contributed by atoms with Crippen molar-refractivity contribution in [1.82, 2.24) is 0 Å². The molecule has 2 rings (SSSR count). The highest BCUT2D eigenvalue weighted by molar-refractivity contribution is 5.99. The van der Waals surface area contributed by atoms with Crippen LogP contribution in [0.3, 0.4) is 0 Å². The number of ether oxygens (including phenoxy) is 1. The van der Waals surface area contributed by atoms with Crippen molar-refractivity contribution in [1.29, 1.82) is 0 Å². The lowest BCUT2D eigenvalue weighted by Crippen LogP contribution is -2.12. The van der Waals surface area contributed by atoms with Crippen LogP contribution >= 0.6 is 0 Å². The van der Waals surface area contributed by atoms with Gasteiger partial charge in [-0.05, 0) is 24.1 Å². The van der Waals surface area contributed by atoms with Gasteiger partial charge in [0.05, 0.1) is 7.11 Å². The maximum absolute atomic E-state index is 12.1. The monoisotopic (exact) mass is 498 g/mol. The van der Waals surface area contributed by atoms with Crippen LogP contribution in [0, 0.1) is 0 Å². The number of Topliss-reactive ketones (excluding diaryl/α,β-unsaturated/α-hetero) is 1. The molecule has 36 heavy (non-hydrogen) atoms. The number of benzene rings is 2. The number of rotatable bonds is 18. The van der Waals surface area contributed by atoms with Gasteiger partial charge in [0.2, 0.25) is 0 Å². The number of carboxylic acids is 1. The number of carboxylic acid groups (broad SMARTS) is 1. The topological polar surface area (TPSA) is 83.8 Å². The smallest absolute Gasteiger partial charge is 0.303 e. The standard InChI is InChI=1S/C16H32O2.C15H14O3/c1-2-3-4-5-6-7-8-9-10-11-12-13-14-15-16(17)18;1-18-13-9-5-8-12(10-13)15(17)14(16)11-6-3-2-4-7-11/h2-15H2,1H3,(H,17,18);2-10,15,17H,1H3. The van der Waals surface area contributed by atoms with Crippen molar-refractivity contribution in [3.05, 3.63) is 65.7 Å². The molecule has 0 aromatic heterocycles. The maximum Gasteiger partial charge on any atom is 0.303 e. The number of hydrogen-bond donors (Lipinski definition) is 2. The highest BCUT2D eigenvalue weighted by Crippen LogP contribution is 2.22. The van der Waals surface area contributed by atoms with E-state index in [1.165, 1.54) is 70.6 Å². The lowest BCUT2D eigenvalue weighted by Gasteiger charge is -2.11. The van der Waals surface area contributed by atoms with Crippen LogP contribution in [-0.2, 0) is 4.79 Å². The Kier molecular flexibility index (Phi) is 17.9. The van der Waals surface area contributed by atoms with Gasteiger partial charge in [-0.25, -0.2) is 0 Å². The lowest BCUT2D eigenvalue weighted by atomic mass is 10.00. The summed E-state index contributed by atoms with van der Waals surface area (Å²) in [5.41, 5.74) is 1.02. The number of unbranched alkanes of at least 4 members (excludes halogenated alkanes) is 12. The molecule has 0 saturated carbocycles. The number of aliphatic hydroxyl groups excluding tert-OH is 1. The zero-order valence-corrected chi connectivity index (χ0v) is 22.3. The Bertz CT molecular complexity index is 834. The molecule has 0 aliphatic carbocycles. The second kappa shape index (κ2) is 20.5. The summed E-state index contributed by atoms with van der Waals surface area (Å²) in [6.07, 6.45) is 16.1. The molecule has 0 heterocycles. The summed E-state index contributed by atoms with van der Waals surface area (Å²) in [6, 6.07) is 15.6. The Hall–Kier alpha value is -2.66. The summed E-state index contributed by atoms with van der Waals surface area (Å²) in [6.45, 7) is 2.26. The largest absolute Gasteiger partial charge is 0.497 e. The molecule has 0 amide bonds. The molecule has 0 saturated heterocycles. The molecule has 0 bridgehead atoms. The van der Waals surface area contributed by atoms with E-state index in [1.807, 2.05) is 6.07 Å². The molecule has 200 valence electrons. The predicted molar refractivity (Wildman–Crippen MR) is 147 cm³/mol. The van der Waals surface area contributed by atoms with Gasteiger partial charge in [0.1, 0.15) is 11.9 Å². The normalized spacial score (nSPS) is 11.3. The summed E-state index contributed by atoms with van der Waals surface area (Å²) in [4.78, 5) is 22.4. The van der Waals surface area contributed by atoms with E-state index in [2.05, 4.69) is 6.92 Å². The van der Waals surface area contributed by atoms with Gasteiger partial charge in [-0.15, -0.1) is 0 Å². The summed E-state index contributed by atoms with van der Waals surface area (Å²) in [5.74, 6) is -0.352. The SMILES string of the molecule is CCCCCCCCCCCCCCCC(=O)O.COc1cccc(C(O)C(=O)c2ccccc2)c1. The predicted octanol–water partition coefficient (Wildman–Crippen LogP) is 8.16. The van der Waals surface area contributed by atoms with Crippen molar-refractivity contribution in [2.75, 3.05) is 7.11 Å². The Balaban J connectivity index is 0.000000360. The quantitative estimate of drug-likeness (QED) is 0.160. The van der Waals surface area contributed by atoms with Crippen molar-refractivity contribution in [2.45, 2.75) is 103 Å². The molecular formula is C31H46O5. The van der Waals surface area contributed by atoms with E-state index in [4.69, 9.17) is 9.84 Å². The van der Waals surface area contributed by atoms with E-state index < -0.39 is 12.1 Å². The Morgan fingerprint density at radius 3 is 1.78 bits per heavy atom. The molecule has 0 fully saturated rings. The summed E-state index contributed by atoms with van der Waals surface area (Å²) >= 11 is 0. The molecule has 5 heteroatoms. The van der Waals surface area contributed by atoms with Gasteiger partial charge in [0.25, 0.3) is 0 Å². The summed E-state index contributed by atoms with van der Waals surface area (Å²) in [5, 5.41) is 18.5. The van der Waals surface area contributed by atoms with Gasteiger partial charge < -0.3 is 14.9 Å². The third kappa shape index (κ3) is 14.7. The average Bonchev–Trinajstić information content (AvgIpc) is 2.91. The first kappa shape index (κ1) is 31.4. The number of ketones is 1. The van der Waals surface area contributed by atoms with E-state index in [-0.39, 0.29) is 5.78 Å². The minimum Gasteiger partial charge on any atom is -0.497 e. The zero-order chi connectivity index (χ0) is 26.4. The molecule has 1 atom stereocenters. The van der Waals surface area contributed by atoms with E-state index in [9.17, 15) is 14.7 Å². The molecule has 0 spiro atoms. The molecule has 0 aliphatic heterocycles. The first-order valence-electron chi connectivity index (χ1n) is 13.6. The minimum atomic E-state index is -1.16. The van der Waals surface area contributed by atoms with Crippen LogP contribution in [0.4, 0.5) is 0 Å². The first-order chi connectivity index (χ1) is 17.5. The van der Waals surface area contributed by atoms with Crippen molar-refractivity contribution in [3.63, 3.8) is 0 Å². The molecule has 2 N–H and O–H groups in total. The average molecular weight is 499 g/mol. The molecule has 0 aliphatic rings. The Morgan fingerprint density at radius 2 is 1.28 bits per heavy atom. The van der Waals surface area contributed by atoms with Gasteiger partial charge in [-0.2, -0.15) is 0 Å². The van der Waals surface area contributed by atoms with Crippen LogP contribution < -0.4 is 4.74 Å². The fourth-order valence-electron chi connectivity index (χ4n) is 4.02. The lowest BCUT2D eigenvalue weighted by molar-refractivity contribution is -0.137.